The third-order valence-electron chi connectivity index (χ3n) is 9.47. The van der Waals surface area contributed by atoms with Gasteiger partial charge in [-0.1, -0.05) is 25.0 Å². The van der Waals surface area contributed by atoms with Gasteiger partial charge >= 0.3 is 0 Å². The summed E-state index contributed by atoms with van der Waals surface area (Å²) in [6.45, 7) is 1.45. The molecule has 0 unspecified atom stereocenters. The number of allylic oxidation sites excluding steroid dienone is 1. The minimum Gasteiger partial charge on any atom is -0.463 e. The van der Waals surface area contributed by atoms with Crippen molar-refractivity contribution in [1.82, 2.24) is 14.9 Å². The number of nitrogens with one attached hydrogen (secondary N) is 3. The Morgan fingerprint density at radius 3 is 2.50 bits per heavy atom. The van der Waals surface area contributed by atoms with Crippen LogP contribution in [0.15, 0.2) is 21.7 Å². The fourth-order valence-electron chi connectivity index (χ4n) is 6.47. The van der Waals surface area contributed by atoms with Crippen LogP contribution in [0, 0.1) is 5.92 Å². The molecule has 1 aromatic carbocycles. The van der Waals surface area contributed by atoms with E-state index in [4.69, 9.17) is 4.74 Å². The summed E-state index contributed by atoms with van der Waals surface area (Å²) in [7, 11) is -3.87. The Morgan fingerprint density at radius 2 is 1.82 bits per heavy atom. The molecule has 15 heteroatoms. The van der Waals surface area contributed by atoms with E-state index < -0.39 is 73.5 Å². The van der Waals surface area contributed by atoms with E-state index in [1.165, 1.54) is 4.90 Å². The molecule has 0 radical (unpaired) electrons. The Labute approximate surface area is 254 Å². The van der Waals surface area contributed by atoms with E-state index in [2.05, 4.69) is 15.4 Å². The molecule has 0 spiro atoms. The average molecular weight is 632 g/mol. The molecule has 44 heavy (non-hydrogen) atoms. The van der Waals surface area contributed by atoms with Crippen molar-refractivity contribution in [2.75, 3.05) is 29.9 Å². The van der Waals surface area contributed by atoms with Crippen LogP contribution in [-0.4, -0.2) is 86.1 Å². The molecule has 3 N–H and O–H groups in total. The van der Waals surface area contributed by atoms with Crippen molar-refractivity contribution in [2.45, 2.75) is 93.2 Å². The van der Waals surface area contributed by atoms with Crippen molar-refractivity contribution >= 4 is 45.6 Å². The number of carbonyl (C=O) groups excluding carboxylic acids is 4. The molecular weight excluding hydrogens is 594 g/mol. The molecule has 0 bridgehead atoms. The number of anilines is 2. The quantitative estimate of drug-likeness (QED) is 0.189. The SMILES string of the molecule is O=CO[C@@H]1C[C@H]2C(=O)N[C@]3(C(=O)NS(=O)(=O)C4CC4)C[C@H]3/C=C\CCCCC[C@H](Nc3c(N4CCC4)c(=O)c3=O)C(=O)N2C1. The normalized spacial score (nSPS) is 31.8. The van der Waals surface area contributed by atoms with Crippen LogP contribution in [0.5, 0.6) is 0 Å². The number of fused-ring (bicyclic) bond motifs is 2. The summed E-state index contributed by atoms with van der Waals surface area (Å²) in [5.41, 5.74) is -2.40. The first-order chi connectivity index (χ1) is 21.1. The first-order valence-electron chi connectivity index (χ1n) is 15.3. The minimum absolute atomic E-state index is 0.0270. The van der Waals surface area contributed by atoms with Gasteiger partial charge in [-0.25, -0.2) is 8.42 Å². The van der Waals surface area contributed by atoms with Crippen LogP contribution in [0.2, 0.25) is 0 Å². The molecule has 2 aliphatic carbocycles. The van der Waals surface area contributed by atoms with E-state index in [1.807, 2.05) is 12.2 Å². The second-order valence-electron chi connectivity index (χ2n) is 12.5. The standard InChI is InChI=1S/C29H37N5O9S/c35-16-43-18-13-21-26(38)31-29(28(40)32-44(41,42)19-9-10-19)14-17(29)7-4-2-1-3-5-8-20(27(39)34(21)15-18)30-22-23(25(37)24(22)36)33-11-6-12-33/h4,7,16-21,30H,1-3,5-6,8-15H2,(H,31,38)(H,32,40)/b7-4-/t17-,18-,20+,21+,29-/m1/s1. The lowest BCUT2D eigenvalue weighted by Crippen LogP contribution is -2.58. The number of ether oxygens (including phenoxy) is 1. The lowest BCUT2D eigenvalue weighted by Gasteiger charge is -2.36. The Hall–Kier alpha value is -3.75. The average Bonchev–Trinajstić information content (AvgIpc) is 3.88. The van der Waals surface area contributed by atoms with Gasteiger partial charge in [-0.05, 0) is 44.9 Å². The van der Waals surface area contributed by atoms with Crippen molar-refractivity contribution in [3.05, 3.63) is 32.6 Å². The maximum atomic E-state index is 14.1. The van der Waals surface area contributed by atoms with Crippen LogP contribution < -0.4 is 31.1 Å². The van der Waals surface area contributed by atoms with Crippen molar-refractivity contribution in [2.24, 2.45) is 5.92 Å². The maximum Gasteiger partial charge on any atom is 0.293 e. The van der Waals surface area contributed by atoms with Gasteiger partial charge in [0.25, 0.3) is 23.2 Å². The summed E-state index contributed by atoms with van der Waals surface area (Å²) in [5.74, 6) is -2.41. The molecule has 14 nitrogen and oxygen atoms in total. The first-order valence-corrected chi connectivity index (χ1v) is 16.9. The summed E-state index contributed by atoms with van der Waals surface area (Å²) in [6.07, 6.45) is 8.14. The summed E-state index contributed by atoms with van der Waals surface area (Å²) in [6, 6.07) is -2.06. The highest BCUT2D eigenvalue weighted by Crippen LogP contribution is 2.46. The zero-order chi connectivity index (χ0) is 31.2. The molecule has 5 aliphatic rings. The van der Waals surface area contributed by atoms with Crippen molar-refractivity contribution in [3.63, 3.8) is 0 Å². The second kappa shape index (κ2) is 11.6. The lowest BCUT2D eigenvalue weighted by molar-refractivity contribution is -0.140. The van der Waals surface area contributed by atoms with Gasteiger partial charge in [0.15, 0.2) is 0 Å². The lowest BCUT2D eigenvalue weighted by atomic mass is 10.0. The first kappa shape index (κ1) is 30.3. The van der Waals surface area contributed by atoms with Gasteiger partial charge in [0.2, 0.25) is 21.8 Å². The van der Waals surface area contributed by atoms with Crippen LogP contribution in [0.4, 0.5) is 11.4 Å². The molecule has 3 heterocycles. The summed E-state index contributed by atoms with van der Waals surface area (Å²) in [5, 5.41) is 5.16. The number of carbonyl (C=O) groups is 4. The molecule has 5 atom stereocenters. The maximum absolute atomic E-state index is 14.1. The second-order valence-corrected chi connectivity index (χ2v) is 14.5. The predicted molar refractivity (Wildman–Crippen MR) is 158 cm³/mol. The molecule has 3 amide bonds. The molecule has 0 aromatic heterocycles. The number of rotatable bonds is 8. The predicted octanol–water partition coefficient (Wildman–Crippen LogP) is -0.581. The Bertz CT molecular complexity index is 1560. The van der Waals surface area contributed by atoms with Gasteiger partial charge < -0.3 is 25.2 Å². The molecule has 4 fully saturated rings. The number of sulfonamides is 1. The Balaban J connectivity index is 1.28. The molecule has 3 aliphatic heterocycles. The zero-order valence-corrected chi connectivity index (χ0v) is 25.1. The van der Waals surface area contributed by atoms with Crippen LogP contribution in [0.25, 0.3) is 0 Å². The van der Waals surface area contributed by atoms with Gasteiger partial charge in [-0.2, -0.15) is 0 Å². The summed E-state index contributed by atoms with van der Waals surface area (Å²) in [4.78, 5) is 80.5. The zero-order valence-electron chi connectivity index (χ0n) is 24.3. The largest absolute Gasteiger partial charge is 0.463 e. The van der Waals surface area contributed by atoms with E-state index in [-0.39, 0.29) is 37.2 Å². The molecular formula is C29H37N5O9S. The number of hydrogen-bond acceptors (Lipinski definition) is 11. The van der Waals surface area contributed by atoms with Gasteiger partial charge in [0.1, 0.15) is 35.1 Å². The third kappa shape index (κ3) is 5.61. The molecule has 238 valence electrons. The van der Waals surface area contributed by atoms with E-state index >= 15 is 0 Å². The molecule has 2 saturated carbocycles. The minimum atomic E-state index is -3.87. The third-order valence-corrected chi connectivity index (χ3v) is 11.3. The van der Waals surface area contributed by atoms with Crippen molar-refractivity contribution in [1.29, 1.82) is 0 Å². The van der Waals surface area contributed by atoms with E-state index in [0.29, 0.717) is 45.2 Å². The van der Waals surface area contributed by atoms with Crippen molar-refractivity contribution in [3.8, 4) is 0 Å². The Kier molecular flexibility index (Phi) is 8.01. The van der Waals surface area contributed by atoms with Crippen LogP contribution in [0.1, 0.15) is 64.2 Å². The monoisotopic (exact) mass is 631 g/mol. The van der Waals surface area contributed by atoms with Crippen LogP contribution in [0.3, 0.4) is 0 Å². The fourth-order valence-corrected chi connectivity index (χ4v) is 7.83. The topological polar surface area (TPSA) is 188 Å². The van der Waals surface area contributed by atoms with E-state index in [0.717, 1.165) is 19.3 Å². The summed E-state index contributed by atoms with van der Waals surface area (Å²) < 4.78 is 32.5. The van der Waals surface area contributed by atoms with Gasteiger partial charge in [0, 0.05) is 25.4 Å². The van der Waals surface area contributed by atoms with Gasteiger partial charge in [0.05, 0.1) is 11.8 Å². The van der Waals surface area contributed by atoms with E-state index in [9.17, 15) is 37.2 Å². The number of nitrogens with zero attached hydrogens (tertiary/aromatic N) is 2. The van der Waals surface area contributed by atoms with Crippen LogP contribution >= 0.6 is 0 Å². The molecule has 1 aromatic rings. The fraction of sp³-hybridized carbons (Fsp3) is 0.655. The summed E-state index contributed by atoms with van der Waals surface area (Å²) >= 11 is 0. The van der Waals surface area contributed by atoms with E-state index in [1.54, 1.807) is 4.90 Å². The van der Waals surface area contributed by atoms with Gasteiger partial charge in [-0.15, -0.1) is 0 Å². The number of hydrogen-bond donors (Lipinski definition) is 3. The molecule has 6 rings (SSSR count). The highest BCUT2D eigenvalue weighted by molar-refractivity contribution is 7.91. The molecule has 2 saturated heterocycles. The highest BCUT2D eigenvalue weighted by Gasteiger charge is 2.62. The smallest absolute Gasteiger partial charge is 0.293 e. The van der Waals surface area contributed by atoms with Gasteiger partial charge in [-0.3, -0.25) is 33.5 Å². The Morgan fingerprint density at radius 1 is 1.05 bits per heavy atom. The number of amides is 3. The van der Waals surface area contributed by atoms with Crippen molar-refractivity contribution < 1.29 is 32.3 Å². The van der Waals surface area contributed by atoms with Crippen LogP contribution in [-0.2, 0) is 33.9 Å². The highest BCUT2D eigenvalue weighted by atomic mass is 32.2.